The Morgan fingerprint density at radius 2 is 2.12 bits per heavy atom. The lowest BCUT2D eigenvalue weighted by Crippen LogP contribution is -1.86. The predicted molar refractivity (Wildman–Crippen MR) is 68.5 cm³/mol. The molecule has 17 heavy (non-hydrogen) atoms. The fourth-order valence-corrected chi connectivity index (χ4v) is 1.88. The van der Waals surface area contributed by atoms with E-state index in [0.717, 1.165) is 28.1 Å². The van der Waals surface area contributed by atoms with Gasteiger partial charge < -0.3 is 10.7 Å². The van der Waals surface area contributed by atoms with Crippen LogP contribution in [0.25, 0.3) is 22.4 Å². The number of nitrogens with zero attached hydrogens (tertiary/aromatic N) is 2. The van der Waals surface area contributed by atoms with Crippen LogP contribution in [0.3, 0.4) is 0 Å². The van der Waals surface area contributed by atoms with E-state index in [1.165, 1.54) is 0 Å². The molecule has 4 nitrogen and oxygen atoms in total. The van der Waals surface area contributed by atoms with Crippen LogP contribution < -0.4 is 5.73 Å². The van der Waals surface area contributed by atoms with Gasteiger partial charge in [0.1, 0.15) is 11.3 Å². The summed E-state index contributed by atoms with van der Waals surface area (Å²) in [6.45, 7) is 1.96. The lowest BCUT2D eigenvalue weighted by atomic mass is 10.2. The zero-order chi connectivity index (χ0) is 11.8. The highest BCUT2D eigenvalue weighted by Gasteiger charge is 2.07. The molecule has 0 fully saturated rings. The summed E-state index contributed by atoms with van der Waals surface area (Å²) in [5.41, 5.74) is 10.3. The standard InChI is InChI=1S/C13H12N4/c1-8-7-9(5-6-15-8)13-16-11-4-2-3-10(14)12(11)17-13/h2-7H,14H2,1H3,(H,16,17). The van der Waals surface area contributed by atoms with Crippen LogP contribution in [0, 0.1) is 6.92 Å². The second-order valence-corrected chi connectivity index (χ2v) is 4.01. The molecular formula is C13H12N4. The van der Waals surface area contributed by atoms with Crippen molar-refractivity contribution in [3.8, 4) is 11.4 Å². The second kappa shape index (κ2) is 3.59. The number of aryl methyl sites for hydroxylation is 1. The maximum absolute atomic E-state index is 5.88. The topological polar surface area (TPSA) is 67.6 Å². The molecule has 0 unspecified atom stereocenters. The van der Waals surface area contributed by atoms with Gasteiger partial charge in [-0.3, -0.25) is 4.98 Å². The van der Waals surface area contributed by atoms with Gasteiger partial charge in [0, 0.05) is 17.5 Å². The molecule has 0 radical (unpaired) electrons. The van der Waals surface area contributed by atoms with Crippen molar-refractivity contribution in [2.24, 2.45) is 0 Å². The number of aromatic nitrogens is 3. The summed E-state index contributed by atoms with van der Waals surface area (Å²) in [5, 5.41) is 0. The first kappa shape index (κ1) is 9.84. The fraction of sp³-hybridized carbons (Fsp3) is 0.0769. The van der Waals surface area contributed by atoms with Gasteiger partial charge in [-0.15, -0.1) is 0 Å². The van der Waals surface area contributed by atoms with E-state index < -0.39 is 0 Å². The lowest BCUT2D eigenvalue weighted by Gasteiger charge is -1.96. The molecule has 4 heteroatoms. The van der Waals surface area contributed by atoms with E-state index >= 15 is 0 Å². The van der Waals surface area contributed by atoms with Crippen molar-refractivity contribution in [1.29, 1.82) is 0 Å². The van der Waals surface area contributed by atoms with Crippen LogP contribution in [0.1, 0.15) is 5.69 Å². The first-order valence-electron chi connectivity index (χ1n) is 5.41. The summed E-state index contributed by atoms with van der Waals surface area (Å²) in [6.07, 6.45) is 1.78. The van der Waals surface area contributed by atoms with Crippen molar-refractivity contribution < 1.29 is 0 Å². The average molecular weight is 224 g/mol. The van der Waals surface area contributed by atoms with Crippen LogP contribution >= 0.6 is 0 Å². The summed E-state index contributed by atoms with van der Waals surface area (Å²) in [6, 6.07) is 9.66. The average Bonchev–Trinajstić information content (AvgIpc) is 2.74. The normalized spacial score (nSPS) is 10.9. The van der Waals surface area contributed by atoms with Gasteiger partial charge >= 0.3 is 0 Å². The summed E-state index contributed by atoms with van der Waals surface area (Å²) in [7, 11) is 0. The largest absolute Gasteiger partial charge is 0.397 e. The molecule has 3 aromatic rings. The van der Waals surface area contributed by atoms with Gasteiger partial charge in [0.15, 0.2) is 0 Å². The molecule has 2 aromatic heterocycles. The molecule has 0 spiro atoms. The van der Waals surface area contributed by atoms with Crippen molar-refractivity contribution in [3.63, 3.8) is 0 Å². The highest BCUT2D eigenvalue weighted by molar-refractivity contribution is 5.89. The molecule has 0 amide bonds. The number of nitrogens with one attached hydrogen (secondary N) is 1. The molecule has 1 aromatic carbocycles. The molecule has 0 aliphatic heterocycles. The van der Waals surface area contributed by atoms with Gasteiger partial charge in [-0.25, -0.2) is 4.98 Å². The third-order valence-electron chi connectivity index (χ3n) is 2.71. The van der Waals surface area contributed by atoms with E-state index in [0.29, 0.717) is 5.69 Å². The Morgan fingerprint density at radius 1 is 1.24 bits per heavy atom. The Hall–Kier alpha value is -2.36. The van der Waals surface area contributed by atoms with Crippen molar-refractivity contribution in [1.82, 2.24) is 15.0 Å². The van der Waals surface area contributed by atoms with Crippen molar-refractivity contribution >= 4 is 16.7 Å². The highest BCUT2D eigenvalue weighted by atomic mass is 14.9. The lowest BCUT2D eigenvalue weighted by molar-refractivity contribution is 1.19. The predicted octanol–water partition coefficient (Wildman–Crippen LogP) is 2.52. The SMILES string of the molecule is Cc1cc(-c2nc3c(N)cccc3[nH]2)ccn1. The van der Waals surface area contributed by atoms with Gasteiger partial charge in [-0.05, 0) is 31.2 Å². The van der Waals surface area contributed by atoms with Crippen molar-refractivity contribution in [2.45, 2.75) is 6.92 Å². The van der Waals surface area contributed by atoms with Crippen LogP contribution in [0.15, 0.2) is 36.5 Å². The Kier molecular flexibility index (Phi) is 2.08. The van der Waals surface area contributed by atoms with Crippen LogP contribution in [-0.2, 0) is 0 Å². The molecule has 0 atom stereocenters. The zero-order valence-electron chi connectivity index (χ0n) is 9.44. The number of nitrogens with two attached hydrogens (primary N) is 1. The Labute approximate surface area is 98.5 Å². The van der Waals surface area contributed by atoms with E-state index in [9.17, 15) is 0 Å². The zero-order valence-corrected chi connectivity index (χ0v) is 9.44. The molecule has 84 valence electrons. The van der Waals surface area contributed by atoms with Gasteiger partial charge in [-0.2, -0.15) is 0 Å². The summed E-state index contributed by atoms with van der Waals surface area (Å²) in [4.78, 5) is 11.9. The first-order chi connectivity index (χ1) is 8.24. The number of H-pyrrole nitrogens is 1. The first-order valence-corrected chi connectivity index (χ1v) is 5.41. The van der Waals surface area contributed by atoms with Crippen LogP contribution in [0.5, 0.6) is 0 Å². The maximum atomic E-state index is 5.88. The van der Waals surface area contributed by atoms with Gasteiger partial charge in [-0.1, -0.05) is 6.07 Å². The smallest absolute Gasteiger partial charge is 0.138 e. The summed E-state index contributed by atoms with van der Waals surface area (Å²) in [5.74, 6) is 0.823. The number of nitrogen functional groups attached to an aromatic ring is 1. The van der Waals surface area contributed by atoms with Gasteiger partial charge in [0.2, 0.25) is 0 Å². The third-order valence-corrected chi connectivity index (χ3v) is 2.71. The number of pyridine rings is 1. The molecule has 0 aliphatic carbocycles. The van der Waals surface area contributed by atoms with Crippen LogP contribution in [-0.4, -0.2) is 15.0 Å². The molecule has 0 aliphatic rings. The number of fused-ring (bicyclic) bond motifs is 1. The number of aromatic amines is 1. The van der Waals surface area contributed by atoms with E-state index in [-0.39, 0.29) is 0 Å². The molecule has 3 N–H and O–H groups in total. The van der Waals surface area contributed by atoms with E-state index in [1.807, 2.05) is 37.3 Å². The number of anilines is 1. The monoisotopic (exact) mass is 224 g/mol. The highest BCUT2D eigenvalue weighted by Crippen LogP contribution is 2.23. The number of benzene rings is 1. The minimum Gasteiger partial charge on any atom is -0.397 e. The molecule has 3 rings (SSSR count). The summed E-state index contributed by atoms with van der Waals surface area (Å²) >= 11 is 0. The van der Waals surface area contributed by atoms with Crippen molar-refractivity contribution in [2.75, 3.05) is 5.73 Å². The van der Waals surface area contributed by atoms with E-state index in [2.05, 4.69) is 15.0 Å². The molecule has 0 saturated carbocycles. The maximum Gasteiger partial charge on any atom is 0.138 e. The number of rotatable bonds is 1. The van der Waals surface area contributed by atoms with Gasteiger partial charge in [0.05, 0.1) is 11.2 Å². The Bertz CT molecular complexity index is 685. The Balaban J connectivity index is 2.22. The van der Waals surface area contributed by atoms with E-state index in [4.69, 9.17) is 5.73 Å². The molecule has 2 heterocycles. The molecular weight excluding hydrogens is 212 g/mol. The minimum absolute atomic E-state index is 0.691. The van der Waals surface area contributed by atoms with Gasteiger partial charge in [0.25, 0.3) is 0 Å². The Morgan fingerprint density at radius 3 is 2.88 bits per heavy atom. The number of hydrogen-bond acceptors (Lipinski definition) is 3. The third kappa shape index (κ3) is 1.63. The summed E-state index contributed by atoms with van der Waals surface area (Å²) < 4.78 is 0. The number of hydrogen-bond donors (Lipinski definition) is 2. The number of imidazole rings is 1. The quantitative estimate of drug-likeness (QED) is 0.624. The molecule has 0 saturated heterocycles. The van der Waals surface area contributed by atoms with Crippen molar-refractivity contribution in [3.05, 3.63) is 42.2 Å². The van der Waals surface area contributed by atoms with Crippen LogP contribution in [0.2, 0.25) is 0 Å². The number of para-hydroxylation sites is 1. The molecule has 0 bridgehead atoms. The van der Waals surface area contributed by atoms with E-state index in [1.54, 1.807) is 6.20 Å². The fourth-order valence-electron chi connectivity index (χ4n) is 1.88. The second-order valence-electron chi connectivity index (χ2n) is 4.01. The minimum atomic E-state index is 0.691. The van der Waals surface area contributed by atoms with Crippen LogP contribution in [0.4, 0.5) is 5.69 Å².